The third kappa shape index (κ3) is 6.25. The molecule has 0 radical (unpaired) electrons. The summed E-state index contributed by atoms with van der Waals surface area (Å²) in [6.07, 6.45) is 2.65. The number of rotatable bonds is 5. The summed E-state index contributed by atoms with van der Waals surface area (Å²) in [5, 5.41) is 8.15. The third-order valence-electron chi connectivity index (χ3n) is 6.35. The van der Waals surface area contributed by atoms with E-state index >= 15 is 0 Å². The van der Waals surface area contributed by atoms with Crippen LogP contribution in [0.4, 0.5) is 10.5 Å². The topological polar surface area (TPSA) is 85.7 Å². The zero-order chi connectivity index (χ0) is 26.7. The van der Waals surface area contributed by atoms with Crippen molar-refractivity contribution in [3.05, 3.63) is 70.5 Å². The Kier molecular flexibility index (Phi) is 7.78. The molecule has 1 aliphatic rings. The van der Waals surface area contributed by atoms with Crippen molar-refractivity contribution in [1.82, 2.24) is 14.7 Å². The maximum atomic E-state index is 13.5. The van der Waals surface area contributed by atoms with Crippen LogP contribution in [-0.2, 0) is 4.74 Å². The summed E-state index contributed by atoms with van der Waals surface area (Å²) >= 11 is 6.17. The number of aryl methyl sites for hydroxylation is 1. The van der Waals surface area contributed by atoms with Crippen molar-refractivity contribution in [2.75, 3.05) is 25.5 Å². The highest BCUT2D eigenvalue weighted by Crippen LogP contribution is 2.34. The van der Waals surface area contributed by atoms with Gasteiger partial charge in [-0.15, -0.1) is 0 Å². The van der Waals surface area contributed by atoms with Crippen LogP contribution in [0.2, 0.25) is 5.02 Å². The number of methoxy groups -OCH3 is 1. The molecule has 0 bridgehead atoms. The molecule has 196 valence electrons. The van der Waals surface area contributed by atoms with E-state index in [0.29, 0.717) is 42.2 Å². The second-order valence-electron chi connectivity index (χ2n) is 10.2. The average Bonchev–Trinajstić information content (AvgIpc) is 3.31. The number of anilines is 1. The molecule has 1 saturated heterocycles. The van der Waals surface area contributed by atoms with E-state index in [2.05, 4.69) is 10.4 Å². The lowest BCUT2D eigenvalue weighted by Crippen LogP contribution is -2.41. The van der Waals surface area contributed by atoms with Crippen LogP contribution in [-0.4, -0.2) is 52.5 Å². The first-order valence-electron chi connectivity index (χ1n) is 12.3. The number of hydrogen-bond donors (Lipinski definition) is 1. The van der Waals surface area contributed by atoms with E-state index in [9.17, 15) is 9.59 Å². The van der Waals surface area contributed by atoms with Gasteiger partial charge < -0.3 is 19.7 Å². The fraction of sp³-hybridized carbons (Fsp3) is 0.393. The number of ether oxygens (including phenoxy) is 2. The summed E-state index contributed by atoms with van der Waals surface area (Å²) < 4.78 is 12.7. The molecule has 1 aliphatic heterocycles. The molecule has 0 saturated carbocycles. The predicted octanol–water partition coefficient (Wildman–Crippen LogP) is 6.21. The SMILES string of the molecule is COc1ccc(-n2ncc(C(=O)Nc3cc(Cl)ccc3C)c2C2CCN(C(=O)OC(C)(C)C)CC2)cc1. The molecule has 2 amide bonds. The van der Waals surface area contributed by atoms with Crippen molar-refractivity contribution in [2.45, 2.75) is 52.1 Å². The Morgan fingerprint density at radius 1 is 1.08 bits per heavy atom. The van der Waals surface area contributed by atoms with Crippen LogP contribution in [0.15, 0.2) is 48.7 Å². The molecule has 4 rings (SSSR count). The number of nitrogens with zero attached hydrogens (tertiary/aromatic N) is 3. The number of carbonyl (C=O) groups is 2. The van der Waals surface area contributed by atoms with Gasteiger partial charge in [0.2, 0.25) is 0 Å². The van der Waals surface area contributed by atoms with E-state index in [-0.39, 0.29) is 17.9 Å². The van der Waals surface area contributed by atoms with Gasteiger partial charge in [0.05, 0.1) is 30.3 Å². The molecule has 1 aromatic heterocycles. The summed E-state index contributed by atoms with van der Waals surface area (Å²) in [6.45, 7) is 8.55. The standard InChI is InChI=1S/C28H33ClN4O4/c1-18-6-7-20(29)16-24(18)31-26(34)23-17-30-33(21-8-10-22(36-5)11-9-21)25(23)19-12-14-32(15-13-19)27(35)37-28(2,3)4/h6-11,16-17,19H,12-15H2,1-5H3,(H,31,34). The predicted molar refractivity (Wildman–Crippen MR) is 144 cm³/mol. The number of carbonyl (C=O) groups excluding carboxylic acids is 2. The number of nitrogens with one attached hydrogen (secondary N) is 1. The Bertz CT molecular complexity index is 1270. The van der Waals surface area contributed by atoms with Gasteiger partial charge in [0.1, 0.15) is 11.4 Å². The van der Waals surface area contributed by atoms with Gasteiger partial charge in [-0.25, -0.2) is 9.48 Å². The lowest BCUT2D eigenvalue weighted by molar-refractivity contribution is 0.0203. The molecule has 1 fully saturated rings. The minimum atomic E-state index is -0.551. The van der Waals surface area contributed by atoms with Crippen LogP contribution in [0.5, 0.6) is 5.75 Å². The Balaban J connectivity index is 1.64. The first-order valence-corrected chi connectivity index (χ1v) is 12.7. The van der Waals surface area contributed by atoms with Crippen LogP contribution >= 0.6 is 11.6 Å². The molecule has 0 aliphatic carbocycles. The highest BCUT2D eigenvalue weighted by Gasteiger charge is 2.32. The van der Waals surface area contributed by atoms with Crippen molar-refractivity contribution in [3.63, 3.8) is 0 Å². The van der Waals surface area contributed by atoms with Crippen LogP contribution in [0, 0.1) is 6.92 Å². The van der Waals surface area contributed by atoms with E-state index in [1.165, 1.54) is 0 Å². The maximum Gasteiger partial charge on any atom is 0.410 e. The largest absolute Gasteiger partial charge is 0.497 e. The van der Waals surface area contributed by atoms with Crippen LogP contribution < -0.4 is 10.1 Å². The van der Waals surface area contributed by atoms with E-state index < -0.39 is 5.60 Å². The van der Waals surface area contributed by atoms with Gasteiger partial charge in [0.25, 0.3) is 5.91 Å². The van der Waals surface area contributed by atoms with Gasteiger partial charge in [-0.3, -0.25) is 4.79 Å². The van der Waals surface area contributed by atoms with Gasteiger partial charge in [0, 0.05) is 29.7 Å². The van der Waals surface area contributed by atoms with Gasteiger partial charge in [0.15, 0.2) is 0 Å². The molecule has 37 heavy (non-hydrogen) atoms. The summed E-state index contributed by atoms with van der Waals surface area (Å²) in [5.41, 5.74) is 3.14. The van der Waals surface area contributed by atoms with E-state index in [4.69, 9.17) is 21.1 Å². The Labute approximate surface area is 222 Å². The molecule has 0 unspecified atom stereocenters. The minimum absolute atomic E-state index is 0.0181. The fourth-order valence-corrected chi connectivity index (χ4v) is 4.61. The maximum absolute atomic E-state index is 13.5. The number of benzene rings is 2. The normalized spacial score (nSPS) is 14.4. The van der Waals surface area contributed by atoms with E-state index in [0.717, 1.165) is 22.7 Å². The molecule has 8 nitrogen and oxygen atoms in total. The second-order valence-corrected chi connectivity index (χ2v) is 10.6. The summed E-state index contributed by atoms with van der Waals surface area (Å²) in [5.74, 6) is 0.497. The number of halogens is 1. The Hall–Kier alpha value is -3.52. The van der Waals surface area contributed by atoms with Crippen LogP contribution in [0.3, 0.4) is 0 Å². The molecule has 0 atom stereocenters. The lowest BCUT2D eigenvalue weighted by atomic mass is 9.90. The second kappa shape index (κ2) is 10.8. The van der Waals surface area contributed by atoms with Crippen molar-refractivity contribution in [1.29, 1.82) is 0 Å². The molecule has 0 spiro atoms. The Morgan fingerprint density at radius 3 is 2.38 bits per heavy atom. The molecule has 9 heteroatoms. The molecule has 2 heterocycles. The first kappa shape index (κ1) is 26.5. The molecular formula is C28H33ClN4O4. The molecular weight excluding hydrogens is 492 g/mol. The molecule has 1 N–H and O–H groups in total. The van der Waals surface area contributed by atoms with Crippen molar-refractivity contribution < 1.29 is 19.1 Å². The van der Waals surface area contributed by atoms with Gasteiger partial charge >= 0.3 is 6.09 Å². The third-order valence-corrected chi connectivity index (χ3v) is 6.58. The lowest BCUT2D eigenvalue weighted by Gasteiger charge is -2.34. The molecule has 3 aromatic rings. The smallest absolute Gasteiger partial charge is 0.410 e. The number of likely N-dealkylation sites (tertiary alicyclic amines) is 1. The highest BCUT2D eigenvalue weighted by molar-refractivity contribution is 6.31. The zero-order valence-corrected chi connectivity index (χ0v) is 22.6. The number of hydrogen-bond acceptors (Lipinski definition) is 5. The number of piperidine rings is 1. The molecule has 2 aromatic carbocycles. The van der Waals surface area contributed by atoms with E-state index in [1.807, 2.05) is 62.7 Å². The van der Waals surface area contributed by atoms with Gasteiger partial charge in [-0.2, -0.15) is 5.10 Å². The summed E-state index contributed by atoms with van der Waals surface area (Å²) in [7, 11) is 1.62. The Morgan fingerprint density at radius 2 is 1.76 bits per heavy atom. The monoisotopic (exact) mass is 524 g/mol. The zero-order valence-electron chi connectivity index (χ0n) is 21.9. The fourth-order valence-electron chi connectivity index (χ4n) is 4.44. The van der Waals surface area contributed by atoms with Crippen molar-refractivity contribution in [3.8, 4) is 11.4 Å². The van der Waals surface area contributed by atoms with Crippen molar-refractivity contribution >= 4 is 29.3 Å². The minimum Gasteiger partial charge on any atom is -0.497 e. The quantitative estimate of drug-likeness (QED) is 0.429. The number of amides is 2. The highest BCUT2D eigenvalue weighted by atomic mass is 35.5. The average molecular weight is 525 g/mol. The summed E-state index contributed by atoms with van der Waals surface area (Å²) in [4.78, 5) is 27.8. The van der Waals surface area contributed by atoms with Gasteiger partial charge in [-0.1, -0.05) is 17.7 Å². The number of aromatic nitrogens is 2. The van der Waals surface area contributed by atoms with Crippen molar-refractivity contribution in [2.24, 2.45) is 0 Å². The summed E-state index contributed by atoms with van der Waals surface area (Å²) in [6, 6.07) is 12.9. The first-order chi connectivity index (χ1) is 17.6. The van der Waals surface area contributed by atoms with Crippen LogP contribution in [0.1, 0.15) is 61.1 Å². The van der Waals surface area contributed by atoms with Gasteiger partial charge in [-0.05, 0) is 82.5 Å². The van der Waals surface area contributed by atoms with Crippen LogP contribution in [0.25, 0.3) is 5.69 Å². The van der Waals surface area contributed by atoms with E-state index in [1.54, 1.807) is 30.3 Å².